The first-order valence-corrected chi connectivity index (χ1v) is 5.16. The monoisotopic (exact) mass is 253 g/mol. The van der Waals surface area contributed by atoms with Gasteiger partial charge in [0.25, 0.3) is 0 Å². The third-order valence-electron chi connectivity index (χ3n) is 2.39. The highest BCUT2D eigenvalue weighted by molar-refractivity contribution is 5.67. The van der Waals surface area contributed by atoms with Crippen LogP contribution < -0.4 is 10.5 Å². The summed E-state index contributed by atoms with van der Waals surface area (Å²) in [4.78, 5) is 0. The Morgan fingerprint density at radius 3 is 2.39 bits per heavy atom. The van der Waals surface area contributed by atoms with Crippen LogP contribution in [0.4, 0.5) is 18.9 Å². The molecule has 0 fully saturated rings. The van der Waals surface area contributed by atoms with E-state index >= 15 is 0 Å². The Bertz CT molecular complexity index is 558. The molecule has 2 aromatic carbocycles. The summed E-state index contributed by atoms with van der Waals surface area (Å²) in [7, 11) is 0. The van der Waals surface area contributed by atoms with Crippen LogP contribution in [-0.2, 0) is 0 Å². The number of alkyl halides is 2. The Kier molecular flexibility index (Phi) is 3.41. The average Bonchev–Trinajstić information content (AvgIpc) is 2.32. The highest BCUT2D eigenvalue weighted by atomic mass is 19.3. The molecule has 0 saturated heterocycles. The Morgan fingerprint density at radius 2 is 1.72 bits per heavy atom. The maximum absolute atomic E-state index is 13.3. The fourth-order valence-electron chi connectivity index (χ4n) is 1.56. The van der Waals surface area contributed by atoms with Crippen LogP contribution in [0.3, 0.4) is 0 Å². The first-order chi connectivity index (χ1) is 8.56. The van der Waals surface area contributed by atoms with Crippen molar-refractivity contribution in [2.24, 2.45) is 0 Å². The molecule has 0 aliphatic heterocycles. The number of nitrogen functional groups attached to an aromatic ring is 1. The largest absolute Gasteiger partial charge is 0.435 e. The van der Waals surface area contributed by atoms with Gasteiger partial charge in [-0.15, -0.1) is 0 Å². The molecule has 2 N–H and O–H groups in total. The van der Waals surface area contributed by atoms with Crippen LogP contribution in [0.5, 0.6) is 5.75 Å². The second kappa shape index (κ2) is 5.00. The second-order valence-corrected chi connectivity index (χ2v) is 3.64. The number of ether oxygens (including phenoxy) is 1. The van der Waals surface area contributed by atoms with Crippen molar-refractivity contribution >= 4 is 5.69 Å². The minimum absolute atomic E-state index is 0.0275. The smallest absolute Gasteiger partial charge is 0.387 e. The van der Waals surface area contributed by atoms with Gasteiger partial charge in [0, 0.05) is 0 Å². The first-order valence-electron chi connectivity index (χ1n) is 5.16. The van der Waals surface area contributed by atoms with E-state index in [1.165, 1.54) is 24.3 Å². The number of hydrogen-bond acceptors (Lipinski definition) is 2. The van der Waals surface area contributed by atoms with E-state index in [0.717, 1.165) is 0 Å². The molecule has 0 aliphatic carbocycles. The minimum Gasteiger partial charge on any atom is -0.435 e. The van der Waals surface area contributed by atoms with Crippen LogP contribution in [0.1, 0.15) is 0 Å². The van der Waals surface area contributed by atoms with Gasteiger partial charge < -0.3 is 10.5 Å². The van der Waals surface area contributed by atoms with Crippen LogP contribution in [0.2, 0.25) is 0 Å². The number of rotatable bonds is 3. The third kappa shape index (κ3) is 2.74. The maximum Gasteiger partial charge on any atom is 0.387 e. The Hall–Kier alpha value is -2.17. The lowest BCUT2D eigenvalue weighted by molar-refractivity contribution is -0.0498. The molecule has 2 aromatic rings. The molecular weight excluding hydrogens is 243 g/mol. The highest BCUT2D eigenvalue weighted by Gasteiger charge is 2.07. The first kappa shape index (κ1) is 12.3. The second-order valence-electron chi connectivity index (χ2n) is 3.64. The number of anilines is 1. The summed E-state index contributed by atoms with van der Waals surface area (Å²) in [6, 6.07) is 10.3. The molecule has 0 spiro atoms. The molecule has 0 saturated carbocycles. The molecule has 0 aromatic heterocycles. The fourth-order valence-corrected chi connectivity index (χ4v) is 1.56. The molecule has 0 heterocycles. The van der Waals surface area contributed by atoms with Crippen LogP contribution in [-0.4, -0.2) is 6.61 Å². The Morgan fingerprint density at radius 1 is 1.00 bits per heavy atom. The summed E-state index contributed by atoms with van der Waals surface area (Å²) in [5.41, 5.74) is 6.52. The van der Waals surface area contributed by atoms with Gasteiger partial charge in [0.1, 0.15) is 11.6 Å². The number of hydrogen-bond donors (Lipinski definition) is 1. The van der Waals surface area contributed by atoms with Crippen molar-refractivity contribution in [2.45, 2.75) is 6.61 Å². The predicted molar refractivity (Wildman–Crippen MR) is 62.9 cm³/mol. The molecule has 2 rings (SSSR count). The van der Waals surface area contributed by atoms with Crippen molar-refractivity contribution in [3.63, 3.8) is 0 Å². The molecule has 0 aliphatic rings. The molecule has 0 bridgehead atoms. The van der Waals surface area contributed by atoms with E-state index in [1.807, 2.05) is 0 Å². The maximum atomic E-state index is 13.3. The standard InChI is InChI=1S/C13H10F3NO/c14-11-7-9(4-5-12(11)17)8-2-1-3-10(6-8)18-13(15)16/h1-7,13H,17H2. The minimum atomic E-state index is -2.89. The van der Waals surface area contributed by atoms with Crippen LogP contribution in [0.15, 0.2) is 42.5 Å². The molecule has 5 heteroatoms. The van der Waals surface area contributed by atoms with Gasteiger partial charge in [-0.3, -0.25) is 0 Å². The van der Waals surface area contributed by atoms with Gasteiger partial charge >= 0.3 is 6.61 Å². The van der Waals surface area contributed by atoms with Crippen molar-refractivity contribution in [3.05, 3.63) is 48.3 Å². The summed E-state index contributed by atoms with van der Waals surface area (Å²) in [5, 5.41) is 0. The van der Waals surface area contributed by atoms with Gasteiger partial charge in [-0.05, 0) is 35.4 Å². The summed E-state index contributed by atoms with van der Waals surface area (Å²) in [6.07, 6.45) is 0. The Balaban J connectivity index is 2.35. The van der Waals surface area contributed by atoms with Crippen LogP contribution in [0, 0.1) is 5.82 Å². The average molecular weight is 253 g/mol. The Labute approximate surface area is 102 Å². The highest BCUT2D eigenvalue weighted by Crippen LogP contribution is 2.26. The van der Waals surface area contributed by atoms with Gasteiger partial charge in [0.05, 0.1) is 5.69 Å². The summed E-state index contributed by atoms with van der Waals surface area (Å²) in [6.45, 7) is -2.89. The molecule has 0 unspecified atom stereocenters. The van der Waals surface area contributed by atoms with E-state index in [-0.39, 0.29) is 11.4 Å². The summed E-state index contributed by atoms with van der Waals surface area (Å²) >= 11 is 0. The van der Waals surface area contributed by atoms with Gasteiger partial charge in [-0.2, -0.15) is 8.78 Å². The molecular formula is C13H10F3NO. The van der Waals surface area contributed by atoms with E-state index < -0.39 is 12.4 Å². The predicted octanol–water partition coefficient (Wildman–Crippen LogP) is 3.68. The molecule has 94 valence electrons. The van der Waals surface area contributed by atoms with E-state index in [4.69, 9.17) is 5.73 Å². The van der Waals surface area contributed by atoms with E-state index in [1.54, 1.807) is 18.2 Å². The van der Waals surface area contributed by atoms with Crippen molar-refractivity contribution in [3.8, 4) is 16.9 Å². The zero-order chi connectivity index (χ0) is 13.1. The normalized spacial score (nSPS) is 10.7. The summed E-state index contributed by atoms with van der Waals surface area (Å²) < 4.78 is 41.7. The fraction of sp³-hybridized carbons (Fsp3) is 0.0769. The number of nitrogens with two attached hydrogens (primary N) is 1. The lowest BCUT2D eigenvalue weighted by Crippen LogP contribution is -2.01. The van der Waals surface area contributed by atoms with Gasteiger partial charge in [0.2, 0.25) is 0 Å². The van der Waals surface area contributed by atoms with Crippen molar-refractivity contribution in [2.75, 3.05) is 5.73 Å². The molecule has 0 radical (unpaired) electrons. The quantitative estimate of drug-likeness (QED) is 0.847. The van der Waals surface area contributed by atoms with Crippen molar-refractivity contribution in [1.82, 2.24) is 0 Å². The third-order valence-corrected chi connectivity index (χ3v) is 2.39. The lowest BCUT2D eigenvalue weighted by atomic mass is 10.0. The van der Waals surface area contributed by atoms with Gasteiger partial charge in [-0.25, -0.2) is 4.39 Å². The lowest BCUT2D eigenvalue weighted by Gasteiger charge is -2.07. The molecule has 0 amide bonds. The zero-order valence-electron chi connectivity index (χ0n) is 9.24. The van der Waals surface area contributed by atoms with Gasteiger partial charge in [0.15, 0.2) is 0 Å². The SMILES string of the molecule is Nc1ccc(-c2cccc(OC(F)F)c2)cc1F. The molecule has 2 nitrogen and oxygen atoms in total. The number of halogens is 3. The van der Waals surface area contributed by atoms with E-state index in [0.29, 0.717) is 11.1 Å². The van der Waals surface area contributed by atoms with E-state index in [2.05, 4.69) is 4.74 Å². The van der Waals surface area contributed by atoms with E-state index in [9.17, 15) is 13.2 Å². The van der Waals surface area contributed by atoms with Gasteiger partial charge in [-0.1, -0.05) is 18.2 Å². The van der Waals surface area contributed by atoms with Crippen LogP contribution in [0.25, 0.3) is 11.1 Å². The summed E-state index contributed by atoms with van der Waals surface area (Å²) in [5.74, 6) is -0.521. The molecule has 0 atom stereocenters. The van der Waals surface area contributed by atoms with Crippen molar-refractivity contribution in [1.29, 1.82) is 0 Å². The topological polar surface area (TPSA) is 35.2 Å². The van der Waals surface area contributed by atoms with Crippen LogP contribution >= 0.6 is 0 Å². The zero-order valence-corrected chi connectivity index (χ0v) is 9.24. The molecule has 18 heavy (non-hydrogen) atoms. The number of benzene rings is 2. The van der Waals surface area contributed by atoms with Crippen molar-refractivity contribution < 1.29 is 17.9 Å².